The fraction of sp³-hybridized carbons (Fsp3) is 0.217. The van der Waals surface area contributed by atoms with Gasteiger partial charge in [-0.05, 0) is 66.6 Å². The lowest BCUT2D eigenvalue weighted by atomic mass is 10.2. The third-order valence-electron chi connectivity index (χ3n) is 5.05. The summed E-state index contributed by atoms with van der Waals surface area (Å²) < 4.78 is 5.39. The molecule has 4 rings (SSSR count). The van der Waals surface area contributed by atoms with Crippen LogP contribution in [0, 0.1) is 0 Å². The summed E-state index contributed by atoms with van der Waals surface area (Å²) in [5, 5.41) is -0.0514. The van der Waals surface area contributed by atoms with E-state index in [4.69, 9.17) is 16.3 Å². The van der Waals surface area contributed by atoms with Gasteiger partial charge in [0.05, 0.1) is 10.5 Å². The molecule has 0 aromatic heterocycles. The van der Waals surface area contributed by atoms with Crippen molar-refractivity contribution in [3.63, 3.8) is 0 Å². The zero-order chi connectivity index (χ0) is 22.7. The number of amides is 3. The van der Waals surface area contributed by atoms with Crippen molar-refractivity contribution < 1.29 is 23.9 Å². The van der Waals surface area contributed by atoms with Crippen molar-refractivity contribution >= 4 is 52.5 Å². The van der Waals surface area contributed by atoms with Gasteiger partial charge in [0.1, 0.15) is 12.3 Å². The average Bonchev–Trinajstić information content (AvgIpc) is 3.39. The molecule has 32 heavy (non-hydrogen) atoms. The van der Waals surface area contributed by atoms with Crippen LogP contribution in [0.4, 0.5) is 4.79 Å². The molecule has 3 amide bonds. The Hall–Kier alpha value is -3.10. The number of thioether (sulfide) groups is 1. The van der Waals surface area contributed by atoms with E-state index >= 15 is 0 Å². The van der Waals surface area contributed by atoms with E-state index in [0.717, 1.165) is 29.5 Å². The van der Waals surface area contributed by atoms with Crippen LogP contribution < -0.4 is 4.74 Å². The number of carbonyl (C=O) groups excluding carboxylic acids is 4. The van der Waals surface area contributed by atoms with Crippen LogP contribution in [0.1, 0.15) is 28.8 Å². The Labute approximate surface area is 194 Å². The third-order valence-corrected chi connectivity index (χ3v) is 6.19. The van der Waals surface area contributed by atoms with E-state index in [9.17, 15) is 19.2 Å². The van der Waals surface area contributed by atoms with Gasteiger partial charge < -0.3 is 9.64 Å². The molecule has 0 radical (unpaired) electrons. The summed E-state index contributed by atoms with van der Waals surface area (Å²) in [6.45, 7) is 1.07. The summed E-state index contributed by atoms with van der Waals surface area (Å²) in [6.07, 6.45) is 3.42. The predicted octanol–water partition coefficient (Wildman–Crippen LogP) is 4.22. The normalized spacial score (nSPS) is 17.3. The highest BCUT2D eigenvalue weighted by Crippen LogP contribution is 2.32. The highest BCUT2D eigenvalue weighted by Gasteiger charge is 2.37. The summed E-state index contributed by atoms with van der Waals surface area (Å²) in [4.78, 5) is 52.5. The third kappa shape index (κ3) is 5.03. The van der Waals surface area contributed by atoms with Crippen LogP contribution in [0.3, 0.4) is 0 Å². The second-order valence-electron chi connectivity index (χ2n) is 7.33. The van der Waals surface area contributed by atoms with E-state index in [1.807, 2.05) is 0 Å². The van der Waals surface area contributed by atoms with E-state index < -0.39 is 17.1 Å². The number of ether oxygens (including phenoxy) is 1. The predicted molar refractivity (Wildman–Crippen MR) is 121 cm³/mol. The number of carbonyl (C=O) groups is 4. The molecule has 0 saturated carbocycles. The molecule has 2 aromatic rings. The number of imide groups is 1. The summed E-state index contributed by atoms with van der Waals surface area (Å²) in [5.74, 6) is -1.01. The van der Waals surface area contributed by atoms with Gasteiger partial charge in [0.25, 0.3) is 11.1 Å². The smallest absolute Gasteiger partial charge is 0.343 e. The van der Waals surface area contributed by atoms with Crippen LogP contribution in [-0.4, -0.2) is 52.5 Å². The number of hydrogen-bond acceptors (Lipinski definition) is 6. The molecule has 0 unspecified atom stereocenters. The quantitative estimate of drug-likeness (QED) is 0.369. The topological polar surface area (TPSA) is 84.0 Å². The van der Waals surface area contributed by atoms with Crippen LogP contribution in [0.5, 0.6) is 5.75 Å². The minimum absolute atomic E-state index is 0.211. The molecule has 9 heteroatoms. The standard InChI is InChI=1S/C23H19ClN2O5S/c24-17-7-4-6-16(13-17)22(29)31-18-8-3-5-15(11-18)12-19-21(28)26(23(30)32-19)14-20(27)25-9-1-2-10-25/h3-8,11-13H,1-2,9-10,14H2/b19-12-. The Morgan fingerprint density at radius 3 is 2.56 bits per heavy atom. The Morgan fingerprint density at radius 2 is 1.81 bits per heavy atom. The minimum Gasteiger partial charge on any atom is -0.423 e. The zero-order valence-corrected chi connectivity index (χ0v) is 18.5. The van der Waals surface area contributed by atoms with Crippen molar-refractivity contribution in [3.8, 4) is 5.75 Å². The average molecular weight is 471 g/mol. The van der Waals surface area contributed by atoms with Crippen molar-refractivity contribution in [1.29, 1.82) is 0 Å². The van der Waals surface area contributed by atoms with Gasteiger partial charge in [0.15, 0.2) is 0 Å². The van der Waals surface area contributed by atoms with Gasteiger partial charge in [-0.3, -0.25) is 19.3 Å². The molecule has 2 aliphatic heterocycles. The van der Waals surface area contributed by atoms with Gasteiger partial charge in [0, 0.05) is 18.1 Å². The van der Waals surface area contributed by atoms with Crippen LogP contribution in [0.15, 0.2) is 53.4 Å². The molecule has 0 spiro atoms. The maximum Gasteiger partial charge on any atom is 0.343 e. The molecule has 0 bridgehead atoms. The molecular weight excluding hydrogens is 452 g/mol. The molecule has 2 fully saturated rings. The number of benzene rings is 2. The van der Waals surface area contributed by atoms with Crippen molar-refractivity contribution in [1.82, 2.24) is 9.80 Å². The molecule has 2 saturated heterocycles. The second kappa shape index (κ2) is 9.58. The largest absolute Gasteiger partial charge is 0.423 e. The Morgan fingerprint density at radius 1 is 1.06 bits per heavy atom. The summed E-state index contributed by atoms with van der Waals surface area (Å²) >= 11 is 6.70. The van der Waals surface area contributed by atoms with E-state index in [2.05, 4.69) is 0 Å². The highest BCUT2D eigenvalue weighted by molar-refractivity contribution is 8.18. The SMILES string of the molecule is O=C(Oc1cccc(/C=C2\SC(=O)N(CC(=O)N3CCCC3)C2=O)c1)c1cccc(Cl)c1. The van der Waals surface area contributed by atoms with Gasteiger partial charge in [-0.25, -0.2) is 4.79 Å². The lowest BCUT2D eigenvalue weighted by Gasteiger charge is -2.18. The van der Waals surface area contributed by atoms with Gasteiger partial charge in [-0.1, -0.05) is 29.8 Å². The molecule has 2 aliphatic rings. The molecule has 2 heterocycles. The molecule has 0 aliphatic carbocycles. The van der Waals surface area contributed by atoms with Crippen LogP contribution >= 0.6 is 23.4 Å². The summed E-state index contributed by atoms with van der Waals surface area (Å²) in [5.41, 5.74) is 0.893. The highest BCUT2D eigenvalue weighted by atomic mass is 35.5. The van der Waals surface area contributed by atoms with Crippen molar-refractivity contribution in [2.45, 2.75) is 12.8 Å². The van der Waals surface area contributed by atoms with Crippen LogP contribution in [0.25, 0.3) is 6.08 Å². The zero-order valence-electron chi connectivity index (χ0n) is 17.0. The summed E-state index contributed by atoms with van der Waals surface area (Å²) in [6, 6.07) is 13.0. The van der Waals surface area contributed by atoms with E-state index in [0.29, 0.717) is 29.2 Å². The first kappa shape index (κ1) is 22.1. The second-order valence-corrected chi connectivity index (χ2v) is 8.76. The number of likely N-dealkylation sites (tertiary alicyclic amines) is 1. The Bertz CT molecular complexity index is 1130. The summed E-state index contributed by atoms with van der Waals surface area (Å²) in [7, 11) is 0. The molecule has 2 aromatic carbocycles. The molecule has 164 valence electrons. The maximum atomic E-state index is 12.7. The number of halogens is 1. The number of esters is 1. The first-order valence-corrected chi connectivity index (χ1v) is 11.2. The fourth-order valence-electron chi connectivity index (χ4n) is 3.44. The van der Waals surface area contributed by atoms with Crippen LogP contribution in [-0.2, 0) is 9.59 Å². The monoisotopic (exact) mass is 470 g/mol. The number of rotatable bonds is 5. The number of nitrogens with zero attached hydrogens (tertiary/aromatic N) is 2. The fourth-order valence-corrected chi connectivity index (χ4v) is 4.47. The van der Waals surface area contributed by atoms with Crippen molar-refractivity contribution in [3.05, 3.63) is 69.6 Å². The van der Waals surface area contributed by atoms with Crippen molar-refractivity contribution in [2.24, 2.45) is 0 Å². The van der Waals surface area contributed by atoms with Gasteiger partial charge >= 0.3 is 5.97 Å². The molecular formula is C23H19ClN2O5S. The molecule has 0 atom stereocenters. The Balaban J connectivity index is 1.45. The number of hydrogen-bond donors (Lipinski definition) is 0. The molecule has 0 N–H and O–H groups in total. The van der Waals surface area contributed by atoms with Gasteiger partial charge in [0.2, 0.25) is 5.91 Å². The van der Waals surface area contributed by atoms with Crippen molar-refractivity contribution in [2.75, 3.05) is 19.6 Å². The van der Waals surface area contributed by atoms with Crippen LogP contribution in [0.2, 0.25) is 5.02 Å². The first-order valence-electron chi connectivity index (χ1n) is 10.0. The molecule has 7 nitrogen and oxygen atoms in total. The first-order chi connectivity index (χ1) is 15.4. The van der Waals surface area contributed by atoms with E-state index in [1.165, 1.54) is 6.07 Å². The lowest BCUT2D eigenvalue weighted by molar-refractivity contribution is -0.135. The lowest BCUT2D eigenvalue weighted by Crippen LogP contribution is -2.40. The van der Waals surface area contributed by atoms with Gasteiger partial charge in [-0.2, -0.15) is 0 Å². The maximum absolute atomic E-state index is 12.7. The van der Waals surface area contributed by atoms with E-state index in [1.54, 1.807) is 53.4 Å². The Kier molecular flexibility index (Phi) is 6.62. The van der Waals surface area contributed by atoms with Gasteiger partial charge in [-0.15, -0.1) is 0 Å². The van der Waals surface area contributed by atoms with E-state index in [-0.39, 0.29) is 23.1 Å². The minimum atomic E-state index is -0.564.